The monoisotopic (exact) mass is 319 g/mol. The van der Waals surface area contributed by atoms with Crippen molar-refractivity contribution in [2.24, 2.45) is 0 Å². The second-order valence-corrected chi connectivity index (χ2v) is 5.30. The van der Waals surface area contributed by atoms with Crippen LogP contribution in [0.15, 0.2) is 48.5 Å². The van der Waals surface area contributed by atoms with Gasteiger partial charge in [-0.3, -0.25) is 4.79 Å². The van der Waals surface area contributed by atoms with Gasteiger partial charge in [-0.05, 0) is 30.2 Å². The van der Waals surface area contributed by atoms with E-state index in [0.29, 0.717) is 22.8 Å². The smallest absolute Gasteiger partial charge is 0.251 e. The highest BCUT2D eigenvalue weighted by molar-refractivity contribution is 6.32. The van der Waals surface area contributed by atoms with Crippen molar-refractivity contribution in [3.63, 3.8) is 0 Å². The quantitative estimate of drug-likeness (QED) is 0.860. The molecule has 1 amide bonds. The summed E-state index contributed by atoms with van der Waals surface area (Å²) in [5.41, 5.74) is 1.49. The molecule has 1 atom stereocenters. The first-order valence-electron chi connectivity index (χ1n) is 6.93. The number of halogens is 1. The maximum atomic E-state index is 12.3. The summed E-state index contributed by atoms with van der Waals surface area (Å²) in [5.74, 6) is 0.169. The van der Waals surface area contributed by atoms with Crippen molar-refractivity contribution in [2.45, 2.75) is 12.5 Å². The van der Waals surface area contributed by atoms with Crippen LogP contribution in [0.2, 0.25) is 5.02 Å². The molecule has 4 nitrogen and oxygen atoms in total. The lowest BCUT2D eigenvalue weighted by Crippen LogP contribution is -2.39. The Bertz CT molecular complexity index is 631. The van der Waals surface area contributed by atoms with Gasteiger partial charge in [0.05, 0.1) is 24.8 Å². The molecule has 2 N–H and O–H groups in total. The second-order valence-electron chi connectivity index (χ2n) is 4.89. The predicted octanol–water partition coefficient (Wildman–Crippen LogP) is 2.68. The van der Waals surface area contributed by atoms with Crippen molar-refractivity contribution >= 4 is 17.5 Å². The fraction of sp³-hybridized carbons (Fsp3) is 0.235. The first kappa shape index (κ1) is 16.3. The number of ether oxygens (including phenoxy) is 1. The Kier molecular flexibility index (Phi) is 5.81. The van der Waals surface area contributed by atoms with Crippen molar-refractivity contribution in [1.82, 2.24) is 5.32 Å². The number of aliphatic hydroxyl groups excluding tert-OH is 1. The van der Waals surface area contributed by atoms with E-state index in [1.807, 2.05) is 30.3 Å². The summed E-state index contributed by atoms with van der Waals surface area (Å²) in [6, 6.07) is 14.2. The number of nitrogens with one attached hydrogen (secondary N) is 1. The van der Waals surface area contributed by atoms with Gasteiger partial charge in [0, 0.05) is 5.56 Å². The van der Waals surface area contributed by atoms with Gasteiger partial charge >= 0.3 is 0 Å². The van der Waals surface area contributed by atoms with Crippen molar-refractivity contribution in [1.29, 1.82) is 0 Å². The van der Waals surface area contributed by atoms with Crippen molar-refractivity contribution in [3.8, 4) is 5.75 Å². The average Bonchev–Trinajstić information content (AvgIpc) is 2.55. The van der Waals surface area contributed by atoms with Gasteiger partial charge < -0.3 is 15.2 Å². The number of methoxy groups -OCH3 is 1. The molecule has 5 heteroatoms. The number of aliphatic hydroxyl groups is 1. The molecular weight excluding hydrogens is 302 g/mol. The number of benzene rings is 2. The van der Waals surface area contributed by atoms with Crippen LogP contribution in [-0.2, 0) is 6.42 Å². The Morgan fingerprint density at radius 2 is 2.00 bits per heavy atom. The Labute approximate surface area is 134 Å². The van der Waals surface area contributed by atoms with Gasteiger partial charge in [-0.2, -0.15) is 0 Å². The van der Waals surface area contributed by atoms with Crippen molar-refractivity contribution in [3.05, 3.63) is 64.7 Å². The highest BCUT2D eigenvalue weighted by Crippen LogP contribution is 2.25. The molecule has 0 aliphatic heterocycles. The van der Waals surface area contributed by atoms with E-state index in [0.717, 1.165) is 5.56 Å². The third-order valence-corrected chi connectivity index (χ3v) is 3.61. The highest BCUT2D eigenvalue weighted by atomic mass is 35.5. The first-order chi connectivity index (χ1) is 10.6. The molecule has 0 radical (unpaired) electrons. The molecule has 116 valence electrons. The maximum absolute atomic E-state index is 12.3. The van der Waals surface area contributed by atoms with Crippen LogP contribution in [0.1, 0.15) is 15.9 Å². The number of amides is 1. The molecule has 2 aromatic carbocycles. The molecule has 0 bridgehead atoms. The Morgan fingerprint density at radius 1 is 1.27 bits per heavy atom. The van der Waals surface area contributed by atoms with Gasteiger partial charge in [-0.25, -0.2) is 0 Å². The van der Waals surface area contributed by atoms with Crippen LogP contribution >= 0.6 is 11.6 Å². The van der Waals surface area contributed by atoms with Crippen LogP contribution in [0.4, 0.5) is 0 Å². The summed E-state index contributed by atoms with van der Waals surface area (Å²) in [6.07, 6.45) is 0.563. The van der Waals surface area contributed by atoms with E-state index in [1.165, 1.54) is 7.11 Å². The molecule has 0 aromatic heterocycles. The topological polar surface area (TPSA) is 58.6 Å². The summed E-state index contributed by atoms with van der Waals surface area (Å²) >= 11 is 5.94. The molecule has 0 fully saturated rings. The average molecular weight is 320 g/mol. The number of hydrogen-bond acceptors (Lipinski definition) is 3. The number of hydrogen-bond donors (Lipinski definition) is 2. The number of carbonyl (C=O) groups is 1. The lowest BCUT2D eigenvalue weighted by Gasteiger charge is -2.17. The van der Waals surface area contributed by atoms with E-state index in [2.05, 4.69) is 5.32 Å². The van der Waals surface area contributed by atoms with Crippen molar-refractivity contribution in [2.75, 3.05) is 13.7 Å². The standard InChI is InChI=1S/C17H18ClNO3/c1-22-16-10-13(7-8-15(16)18)17(21)19-14(11-20)9-12-5-3-2-4-6-12/h2-8,10,14,20H,9,11H2,1H3,(H,19,21). The lowest BCUT2D eigenvalue weighted by atomic mass is 10.1. The molecule has 0 saturated heterocycles. The Balaban J connectivity index is 2.06. The summed E-state index contributed by atoms with van der Waals surface area (Å²) in [7, 11) is 1.49. The second kappa shape index (κ2) is 7.82. The molecule has 0 aliphatic carbocycles. The zero-order valence-corrected chi connectivity index (χ0v) is 13.0. The predicted molar refractivity (Wildman–Crippen MR) is 86.5 cm³/mol. The van der Waals surface area contributed by atoms with Gasteiger partial charge in [-0.15, -0.1) is 0 Å². The molecule has 2 aromatic rings. The third kappa shape index (κ3) is 4.23. The van der Waals surface area contributed by atoms with Crippen LogP contribution in [0.5, 0.6) is 5.75 Å². The van der Waals surface area contributed by atoms with E-state index in [1.54, 1.807) is 18.2 Å². The fourth-order valence-corrected chi connectivity index (χ4v) is 2.32. The van der Waals surface area contributed by atoms with Gasteiger partial charge in [0.2, 0.25) is 0 Å². The minimum absolute atomic E-state index is 0.134. The summed E-state index contributed by atoms with van der Waals surface area (Å²) < 4.78 is 5.10. The Morgan fingerprint density at radius 3 is 2.64 bits per heavy atom. The van der Waals surface area contributed by atoms with E-state index < -0.39 is 0 Å². The van der Waals surface area contributed by atoms with E-state index in [9.17, 15) is 9.90 Å². The molecule has 22 heavy (non-hydrogen) atoms. The zero-order valence-electron chi connectivity index (χ0n) is 12.3. The Hall–Kier alpha value is -2.04. The van der Waals surface area contributed by atoms with E-state index in [4.69, 9.17) is 16.3 Å². The van der Waals surface area contributed by atoms with Crippen molar-refractivity contribution < 1.29 is 14.6 Å². The number of carbonyl (C=O) groups excluding carboxylic acids is 1. The highest BCUT2D eigenvalue weighted by Gasteiger charge is 2.15. The molecule has 0 aliphatic rings. The third-order valence-electron chi connectivity index (χ3n) is 3.29. The number of rotatable bonds is 6. The molecule has 0 spiro atoms. The van der Waals surface area contributed by atoms with Gasteiger partial charge in [0.1, 0.15) is 5.75 Å². The van der Waals surface area contributed by atoms with E-state index in [-0.39, 0.29) is 18.6 Å². The SMILES string of the molecule is COc1cc(C(=O)NC(CO)Cc2ccccc2)ccc1Cl. The van der Waals surface area contributed by atoms with Crippen LogP contribution in [0.3, 0.4) is 0 Å². The summed E-state index contributed by atoms with van der Waals surface area (Å²) in [4.78, 5) is 12.3. The minimum atomic E-state index is -0.350. The lowest BCUT2D eigenvalue weighted by molar-refractivity contribution is 0.0916. The van der Waals surface area contributed by atoms with Crippen LogP contribution in [0.25, 0.3) is 0 Å². The first-order valence-corrected chi connectivity index (χ1v) is 7.31. The van der Waals surface area contributed by atoms with Gasteiger partial charge in [0.15, 0.2) is 0 Å². The normalized spacial score (nSPS) is 11.8. The molecule has 2 rings (SSSR count). The van der Waals surface area contributed by atoms with Gasteiger partial charge in [0.25, 0.3) is 5.91 Å². The van der Waals surface area contributed by atoms with Crippen LogP contribution < -0.4 is 10.1 Å². The largest absolute Gasteiger partial charge is 0.495 e. The molecule has 0 heterocycles. The van der Waals surface area contributed by atoms with Crippen LogP contribution in [-0.4, -0.2) is 30.8 Å². The van der Waals surface area contributed by atoms with Crippen LogP contribution in [0, 0.1) is 0 Å². The molecule has 0 saturated carbocycles. The van der Waals surface area contributed by atoms with E-state index >= 15 is 0 Å². The zero-order chi connectivity index (χ0) is 15.9. The fourth-order valence-electron chi connectivity index (χ4n) is 2.13. The minimum Gasteiger partial charge on any atom is -0.495 e. The summed E-state index contributed by atoms with van der Waals surface area (Å²) in [6.45, 7) is -0.134. The molecular formula is C17H18ClNO3. The van der Waals surface area contributed by atoms with Gasteiger partial charge in [-0.1, -0.05) is 41.9 Å². The maximum Gasteiger partial charge on any atom is 0.251 e. The molecule has 1 unspecified atom stereocenters. The summed E-state index contributed by atoms with van der Waals surface area (Å²) in [5, 5.41) is 12.7.